The van der Waals surface area contributed by atoms with Gasteiger partial charge in [0.25, 0.3) is 0 Å². The molecule has 2 aromatic rings. The normalized spacial score (nSPS) is 15.0. The molecule has 0 aliphatic heterocycles. The summed E-state index contributed by atoms with van der Waals surface area (Å²) in [5.41, 5.74) is 1.71. The lowest BCUT2D eigenvalue weighted by atomic mass is 10.1. The molecule has 0 saturated heterocycles. The fourth-order valence-corrected chi connectivity index (χ4v) is 3.41. The number of nitrogens with one attached hydrogen (secondary N) is 1. The molecule has 0 radical (unpaired) electrons. The van der Waals surface area contributed by atoms with Crippen molar-refractivity contribution in [2.75, 3.05) is 0 Å². The van der Waals surface area contributed by atoms with Crippen molar-refractivity contribution < 1.29 is 4.39 Å². The first-order valence-electron chi connectivity index (χ1n) is 7.13. The van der Waals surface area contributed by atoms with Gasteiger partial charge in [-0.1, -0.05) is 26.0 Å². The van der Waals surface area contributed by atoms with Crippen molar-refractivity contribution in [3.05, 3.63) is 40.7 Å². The van der Waals surface area contributed by atoms with Gasteiger partial charge < -0.3 is 5.32 Å². The summed E-state index contributed by atoms with van der Waals surface area (Å²) in [6.45, 7) is 5.13. The molecule has 0 amide bonds. The van der Waals surface area contributed by atoms with Gasteiger partial charge in [-0.3, -0.25) is 0 Å². The Morgan fingerprint density at radius 3 is 2.75 bits per heavy atom. The molecular formula is C16H19FN2S. The van der Waals surface area contributed by atoms with Crippen molar-refractivity contribution in [1.82, 2.24) is 10.3 Å². The van der Waals surface area contributed by atoms with E-state index in [2.05, 4.69) is 24.1 Å². The maximum Gasteiger partial charge on any atom is 0.133 e. The number of nitrogens with zero attached hydrogens (tertiary/aromatic N) is 1. The maximum atomic E-state index is 13.9. The second-order valence-electron chi connectivity index (χ2n) is 5.62. The summed E-state index contributed by atoms with van der Waals surface area (Å²) in [5, 5.41) is 4.32. The SMILES string of the molecule is CC(C)c1nc(-c2ccccc2F)sc1CNC1CC1. The van der Waals surface area contributed by atoms with Gasteiger partial charge in [-0.15, -0.1) is 11.3 Å². The Morgan fingerprint density at radius 2 is 2.10 bits per heavy atom. The number of hydrogen-bond acceptors (Lipinski definition) is 3. The van der Waals surface area contributed by atoms with Crippen LogP contribution in [0.1, 0.15) is 43.2 Å². The summed E-state index contributed by atoms with van der Waals surface area (Å²) >= 11 is 1.61. The Hall–Kier alpha value is -1.26. The van der Waals surface area contributed by atoms with E-state index in [9.17, 15) is 4.39 Å². The van der Waals surface area contributed by atoms with E-state index in [-0.39, 0.29) is 5.82 Å². The molecule has 0 atom stereocenters. The van der Waals surface area contributed by atoms with Gasteiger partial charge in [0.2, 0.25) is 0 Å². The van der Waals surface area contributed by atoms with E-state index < -0.39 is 0 Å². The molecule has 1 aromatic carbocycles. The predicted molar refractivity (Wildman–Crippen MR) is 81.5 cm³/mol. The van der Waals surface area contributed by atoms with Crippen LogP contribution in [-0.2, 0) is 6.54 Å². The van der Waals surface area contributed by atoms with Crippen LogP contribution in [0.5, 0.6) is 0 Å². The van der Waals surface area contributed by atoms with E-state index in [4.69, 9.17) is 0 Å². The molecule has 2 nitrogen and oxygen atoms in total. The van der Waals surface area contributed by atoms with Crippen LogP contribution in [0.15, 0.2) is 24.3 Å². The van der Waals surface area contributed by atoms with Gasteiger partial charge in [0.1, 0.15) is 10.8 Å². The molecule has 1 aliphatic carbocycles. The Balaban J connectivity index is 1.91. The Labute approximate surface area is 123 Å². The van der Waals surface area contributed by atoms with Crippen molar-refractivity contribution in [3.8, 4) is 10.6 Å². The van der Waals surface area contributed by atoms with Gasteiger partial charge in [-0.25, -0.2) is 9.37 Å². The van der Waals surface area contributed by atoms with Crippen molar-refractivity contribution in [1.29, 1.82) is 0 Å². The van der Waals surface area contributed by atoms with E-state index >= 15 is 0 Å². The highest BCUT2D eigenvalue weighted by Gasteiger charge is 2.22. The van der Waals surface area contributed by atoms with Crippen molar-refractivity contribution in [3.63, 3.8) is 0 Å². The van der Waals surface area contributed by atoms with Crippen molar-refractivity contribution >= 4 is 11.3 Å². The van der Waals surface area contributed by atoms with Crippen LogP contribution in [0.4, 0.5) is 4.39 Å². The van der Waals surface area contributed by atoms with Crippen LogP contribution in [0.3, 0.4) is 0 Å². The van der Waals surface area contributed by atoms with E-state index in [1.54, 1.807) is 23.5 Å². The molecule has 1 fully saturated rings. The summed E-state index contributed by atoms with van der Waals surface area (Å²) in [5.74, 6) is 0.168. The lowest BCUT2D eigenvalue weighted by Crippen LogP contribution is -2.15. The minimum Gasteiger partial charge on any atom is -0.309 e. The summed E-state index contributed by atoms with van der Waals surface area (Å²) in [6, 6.07) is 7.54. The van der Waals surface area contributed by atoms with E-state index in [1.165, 1.54) is 23.8 Å². The molecule has 106 valence electrons. The molecule has 0 unspecified atom stereocenters. The van der Waals surface area contributed by atoms with Crippen LogP contribution in [-0.4, -0.2) is 11.0 Å². The van der Waals surface area contributed by atoms with Gasteiger partial charge >= 0.3 is 0 Å². The van der Waals surface area contributed by atoms with Crippen molar-refractivity contribution in [2.45, 2.75) is 45.2 Å². The average molecular weight is 290 g/mol. The fourth-order valence-electron chi connectivity index (χ4n) is 2.22. The van der Waals surface area contributed by atoms with Gasteiger partial charge in [0, 0.05) is 23.0 Å². The summed E-state index contributed by atoms with van der Waals surface area (Å²) in [6.07, 6.45) is 2.55. The standard InChI is InChI=1S/C16H19FN2S/c1-10(2)15-14(9-18-11-7-8-11)20-16(19-15)12-5-3-4-6-13(12)17/h3-6,10-11,18H,7-9H2,1-2H3. The fraction of sp³-hybridized carbons (Fsp3) is 0.438. The second-order valence-corrected chi connectivity index (χ2v) is 6.70. The first-order valence-corrected chi connectivity index (χ1v) is 7.94. The lowest BCUT2D eigenvalue weighted by molar-refractivity contribution is 0.631. The molecule has 1 heterocycles. The van der Waals surface area contributed by atoms with Gasteiger partial charge in [-0.2, -0.15) is 0 Å². The monoisotopic (exact) mass is 290 g/mol. The van der Waals surface area contributed by atoms with Crippen LogP contribution in [0.2, 0.25) is 0 Å². The molecule has 1 aliphatic rings. The zero-order chi connectivity index (χ0) is 14.1. The predicted octanol–water partition coefficient (Wildman–Crippen LogP) is 4.32. The molecular weight excluding hydrogens is 271 g/mol. The molecule has 1 aromatic heterocycles. The van der Waals surface area contributed by atoms with Gasteiger partial charge in [0.15, 0.2) is 0 Å². The lowest BCUT2D eigenvalue weighted by Gasteiger charge is -2.05. The van der Waals surface area contributed by atoms with E-state index in [0.717, 1.165) is 17.2 Å². The smallest absolute Gasteiger partial charge is 0.133 e. The van der Waals surface area contributed by atoms with Crippen LogP contribution < -0.4 is 5.32 Å². The summed E-state index contributed by atoms with van der Waals surface area (Å²) in [4.78, 5) is 5.92. The molecule has 1 N–H and O–H groups in total. The van der Waals surface area contributed by atoms with Crippen LogP contribution in [0.25, 0.3) is 10.6 Å². The molecule has 20 heavy (non-hydrogen) atoms. The molecule has 1 saturated carbocycles. The number of benzene rings is 1. The molecule has 0 bridgehead atoms. The van der Waals surface area contributed by atoms with Crippen molar-refractivity contribution in [2.24, 2.45) is 0 Å². The highest BCUT2D eigenvalue weighted by molar-refractivity contribution is 7.15. The topological polar surface area (TPSA) is 24.9 Å². The highest BCUT2D eigenvalue weighted by Crippen LogP contribution is 2.33. The largest absolute Gasteiger partial charge is 0.309 e. The number of thiazole rings is 1. The first kappa shape index (κ1) is 13.7. The van der Waals surface area contributed by atoms with Gasteiger partial charge in [0.05, 0.1) is 5.69 Å². The minimum absolute atomic E-state index is 0.196. The average Bonchev–Trinajstić information content (AvgIpc) is 3.15. The van der Waals surface area contributed by atoms with Gasteiger partial charge in [-0.05, 0) is 30.9 Å². The zero-order valence-electron chi connectivity index (χ0n) is 11.8. The summed E-state index contributed by atoms with van der Waals surface area (Å²) in [7, 11) is 0. The first-order chi connectivity index (χ1) is 9.65. The number of hydrogen-bond donors (Lipinski definition) is 1. The number of halogens is 1. The Morgan fingerprint density at radius 1 is 1.35 bits per heavy atom. The van der Waals surface area contributed by atoms with E-state index in [0.29, 0.717) is 17.5 Å². The summed E-state index contributed by atoms with van der Waals surface area (Å²) < 4.78 is 13.9. The highest BCUT2D eigenvalue weighted by atomic mass is 32.1. The Kier molecular flexibility index (Phi) is 3.85. The second kappa shape index (κ2) is 5.62. The number of rotatable bonds is 5. The third-order valence-electron chi connectivity index (χ3n) is 3.51. The van der Waals surface area contributed by atoms with Crippen LogP contribution in [0, 0.1) is 5.82 Å². The quantitative estimate of drug-likeness (QED) is 0.887. The van der Waals surface area contributed by atoms with E-state index in [1.807, 2.05) is 6.07 Å². The minimum atomic E-state index is -0.196. The Bertz CT molecular complexity index is 602. The molecule has 4 heteroatoms. The maximum absolute atomic E-state index is 13.9. The third-order valence-corrected chi connectivity index (χ3v) is 4.61. The molecule has 0 spiro atoms. The number of aromatic nitrogens is 1. The molecule has 3 rings (SSSR count). The third kappa shape index (κ3) is 2.91. The zero-order valence-corrected chi connectivity index (χ0v) is 12.6. The van der Waals surface area contributed by atoms with Crippen LogP contribution >= 0.6 is 11.3 Å².